The quantitative estimate of drug-likeness (QED) is 0.0825. The summed E-state index contributed by atoms with van der Waals surface area (Å²) < 4.78 is 117. The standard InChI is InChI=1S/C30H36FN3O4.C28H29F4N3O4.C28H30FN5O3.C24H26FN3O3/c1-28(2,3)21-13-22(18-7-9-20(31)10-8-18)32-23-14-24(38-25(21)23)27(36)34-12-11-33(17-29(34,4)5)26(35)19-15-30(6,37)16-19;1-4-16-11-20(17-5-7-19(29)8-6-17)33-21-12-22(39-23(16)21)25(37)35-10-9-34(15-26(35,2)3)24(36)18-13-27(38,14-18)28(30,31)32;1-27(2,3)19-14-21(17-6-8-18(29)9-7-17)31-22-15-23(37-24(19)22)26(36)34-13-12-33(16-28(34,4)5)25(35)20-10-11-30-32-20;1-23(2,3)16-12-17(14-6-8-15(25)9-7-14)27-18-13-19(31-20(16)18)21(29)28-11-10-26-22(30)24(28,4)5/h7-10,13-14,19,37H,11-12,15-17H2,1-6H3;5-8,11-12,18,38H,4,9-10,13-15H2,1-3H3;6-11,14-15H,12-13,16H2,1-5H3,(H,30,32);6-9,12-13H,10-11H2,1-5H3,(H,26,30). The van der Waals surface area contributed by atoms with E-state index >= 15 is 0 Å². The maximum absolute atomic E-state index is 13.7. The number of hydrogen-bond acceptors (Lipinski definition) is 19. The fraction of sp³-hybridized carbons (Fsp3) is 0.427. The van der Waals surface area contributed by atoms with E-state index in [1.807, 2.05) is 63.8 Å². The van der Waals surface area contributed by atoms with Gasteiger partial charge in [0, 0.05) is 153 Å². The van der Waals surface area contributed by atoms with Crippen molar-refractivity contribution in [3.63, 3.8) is 0 Å². The first-order valence-electron chi connectivity index (χ1n) is 48.6. The molecule has 2 aliphatic carbocycles. The Morgan fingerprint density at radius 2 is 0.710 bits per heavy atom. The second-order valence-electron chi connectivity index (χ2n) is 44.3. The third-order valence-corrected chi connectivity index (χ3v) is 28.1. The van der Waals surface area contributed by atoms with E-state index in [1.165, 1.54) is 58.3 Å². The van der Waals surface area contributed by atoms with Gasteiger partial charge >= 0.3 is 6.18 Å². The third-order valence-electron chi connectivity index (χ3n) is 28.1. The summed E-state index contributed by atoms with van der Waals surface area (Å²) in [5.41, 5.74) is 6.59. The van der Waals surface area contributed by atoms with Gasteiger partial charge in [-0.1, -0.05) is 69.2 Å². The Morgan fingerprint density at radius 1 is 0.400 bits per heavy atom. The van der Waals surface area contributed by atoms with Crippen molar-refractivity contribution in [2.24, 2.45) is 11.8 Å². The summed E-state index contributed by atoms with van der Waals surface area (Å²) in [6.07, 6.45) is -2.96. The van der Waals surface area contributed by atoms with Crippen LogP contribution in [0.1, 0.15) is 232 Å². The Balaban J connectivity index is 0.000000139. The number of nitrogens with one attached hydrogen (secondary N) is 2. The number of fused-ring (bicyclic) bond motifs is 4. The second-order valence-corrected chi connectivity index (χ2v) is 44.3. The molecular weight excluding hydrogens is 1870 g/mol. The smallest absolute Gasteiger partial charge is 0.417 e. The predicted octanol–water partition coefficient (Wildman–Crippen LogP) is 19.4. The number of furan rings is 4. The molecule has 35 heteroatoms. The fourth-order valence-electron chi connectivity index (χ4n) is 19.9. The molecule has 0 radical (unpaired) electrons. The van der Waals surface area contributed by atoms with Gasteiger partial charge in [-0.25, -0.2) is 37.5 Å². The monoisotopic (exact) mass is 1990 g/mol. The van der Waals surface area contributed by atoms with Crippen LogP contribution in [0.3, 0.4) is 0 Å². The van der Waals surface area contributed by atoms with Crippen LogP contribution in [-0.2, 0) is 37.0 Å². The zero-order valence-electron chi connectivity index (χ0n) is 84.8. The Bertz CT molecular complexity index is 7150. The zero-order chi connectivity index (χ0) is 105. The lowest BCUT2D eigenvalue weighted by atomic mass is 9.69. The summed E-state index contributed by atoms with van der Waals surface area (Å²) in [4.78, 5) is 136. The van der Waals surface area contributed by atoms with Crippen molar-refractivity contribution in [1.29, 1.82) is 0 Å². The molecule has 6 aliphatic rings. The van der Waals surface area contributed by atoms with Gasteiger partial charge < -0.3 is 67.5 Å². The highest BCUT2D eigenvalue weighted by Crippen LogP contribution is 2.51. The summed E-state index contributed by atoms with van der Waals surface area (Å²) in [5, 5.41) is 29.1. The summed E-state index contributed by atoms with van der Waals surface area (Å²) in [6, 6.07) is 40.3. The van der Waals surface area contributed by atoms with E-state index in [9.17, 15) is 79.3 Å². The van der Waals surface area contributed by atoms with E-state index < -0.39 is 64.2 Å². The van der Waals surface area contributed by atoms with Gasteiger partial charge in [0.05, 0.1) is 45.0 Å². The van der Waals surface area contributed by atoms with E-state index in [0.29, 0.717) is 144 Å². The number of H-pyrrole nitrogens is 1. The van der Waals surface area contributed by atoms with E-state index in [1.54, 1.807) is 139 Å². The highest BCUT2D eigenvalue weighted by molar-refractivity contribution is 6.03. The van der Waals surface area contributed by atoms with Crippen LogP contribution in [0.25, 0.3) is 89.4 Å². The minimum Gasteiger partial charge on any atom is -0.449 e. The second kappa shape index (κ2) is 38.5. The average molecular weight is 2000 g/mol. The number of piperazine rings is 4. The summed E-state index contributed by atoms with van der Waals surface area (Å²) in [5.74, 6) is -3.68. The van der Waals surface area contributed by atoms with Crippen molar-refractivity contribution < 1.29 is 97.0 Å². The predicted molar refractivity (Wildman–Crippen MR) is 531 cm³/mol. The lowest BCUT2D eigenvalue weighted by molar-refractivity contribution is -0.297. The number of aryl methyl sites for hydroxylation is 1. The van der Waals surface area contributed by atoms with Gasteiger partial charge in [0.1, 0.15) is 56.6 Å². The largest absolute Gasteiger partial charge is 0.449 e. The van der Waals surface area contributed by atoms with Gasteiger partial charge in [-0.15, -0.1) is 0 Å². The molecule has 4 N–H and O–H groups in total. The maximum atomic E-state index is 13.7. The fourth-order valence-corrected chi connectivity index (χ4v) is 19.9. The van der Waals surface area contributed by atoms with Gasteiger partial charge in [-0.05, 0) is 244 Å². The lowest BCUT2D eigenvalue weighted by Gasteiger charge is -2.50. The number of aliphatic hydroxyl groups is 2. The number of carbonyl (C=O) groups is 8. The van der Waals surface area contributed by atoms with E-state index in [2.05, 4.69) is 87.8 Å². The molecule has 13 aromatic rings. The molecule has 0 spiro atoms. The number of nitrogens with zero attached hydrogens (tertiary/aromatic N) is 12. The number of carbonyl (C=O) groups excluding carboxylic acids is 8. The Morgan fingerprint density at radius 3 is 1.02 bits per heavy atom. The van der Waals surface area contributed by atoms with Gasteiger partial charge in [-0.3, -0.25) is 43.5 Å². The third kappa shape index (κ3) is 21.3. The molecule has 9 aromatic heterocycles. The first kappa shape index (κ1) is 104. The highest BCUT2D eigenvalue weighted by atomic mass is 19.4. The number of halogens is 7. The molecule has 764 valence electrons. The van der Waals surface area contributed by atoms with Crippen LogP contribution in [0, 0.1) is 35.1 Å². The first-order valence-corrected chi connectivity index (χ1v) is 48.6. The number of hydrogen-bond donors (Lipinski definition) is 4. The van der Waals surface area contributed by atoms with Crippen LogP contribution in [0.5, 0.6) is 0 Å². The van der Waals surface area contributed by atoms with Gasteiger partial charge in [0.2, 0.25) is 17.7 Å². The molecule has 4 saturated heterocycles. The van der Waals surface area contributed by atoms with Gasteiger partial charge in [0.15, 0.2) is 51.0 Å². The zero-order valence-corrected chi connectivity index (χ0v) is 84.8. The number of rotatable bonds is 12. The van der Waals surface area contributed by atoms with Gasteiger partial charge in [-0.2, -0.15) is 18.3 Å². The van der Waals surface area contributed by atoms with Crippen LogP contribution in [0.15, 0.2) is 176 Å². The Hall–Kier alpha value is -14.0. The minimum atomic E-state index is -4.77. The van der Waals surface area contributed by atoms with Crippen LogP contribution in [-0.4, -0.2) is 233 Å². The average Bonchev–Trinajstić information content (AvgIpc) is 1.46. The molecule has 2 saturated carbocycles. The first-order chi connectivity index (χ1) is 67.8. The number of aromatic nitrogens is 6. The SMILES string of the molecule is CC(C)(C)c1cc(-c2ccc(F)cc2)nc2cc(C(=O)N3CCN(C(=O)c4ccn[nH]4)CC3(C)C)oc12.CC(C)(C)c1cc(-c2ccc(F)cc2)nc2cc(C(=O)N3CCNC(=O)C3(C)C)oc12.CC1(O)CC(C(=O)N2CCN(C(=O)c3cc4nc(-c5ccc(F)cc5)cc(C(C)(C)C)c4o3)C(C)(C)C2)C1.CCc1cc(-c2ccc(F)cc2)nc2cc(C(=O)N3CCN(C(=O)C4CC(O)(C(F)(F)F)C4)CC3(C)C)oc12. The molecule has 4 aromatic carbocycles. The van der Waals surface area contributed by atoms with Crippen LogP contribution in [0.4, 0.5) is 30.7 Å². The van der Waals surface area contributed by atoms with E-state index in [-0.39, 0.29) is 129 Å². The number of amides is 8. The Labute approximate surface area is 834 Å². The van der Waals surface area contributed by atoms with Crippen molar-refractivity contribution >= 4 is 91.7 Å². The highest BCUT2D eigenvalue weighted by Gasteiger charge is 2.64. The van der Waals surface area contributed by atoms with Crippen molar-refractivity contribution in [1.82, 2.24) is 69.7 Å². The summed E-state index contributed by atoms with van der Waals surface area (Å²) in [7, 11) is 0. The summed E-state index contributed by atoms with van der Waals surface area (Å²) in [6.45, 7) is 40.7. The minimum absolute atomic E-state index is 0.0489. The molecule has 0 unspecified atom stereocenters. The molecule has 0 bridgehead atoms. The van der Waals surface area contributed by atoms with Crippen LogP contribution in [0.2, 0.25) is 0 Å². The number of pyridine rings is 4. The molecule has 8 amide bonds. The van der Waals surface area contributed by atoms with Crippen molar-refractivity contribution in [2.75, 3.05) is 72.0 Å². The maximum Gasteiger partial charge on any atom is 0.417 e. The number of alkyl halides is 3. The molecule has 145 heavy (non-hydrogen) atoms. The van der Waals surface area contributed by atoms with Gasteiger partial charge in [0.25, 0.3) is 29.5 Å². The Kier molecular flexibility index (Phi) is 27.6. The van der Waals surface area contributed by atoms with Crippen molar-refractivity contribution in [3.05, 3.63) is 232 Å². The topological polar surface area (TPSA) is 345 Å². The number of aromatic amines is 1. The molecule has 6 fully saturated rings. The molecule has 4 aliphatic heterocycles. The lowest BCUT2D eigenvalue weighted by Crippen LogP contribution is -2.65. The van der Waals surface area contributed by atoms with E-state index in [0.717, 1.165) is 44.5 Å². The normalized spacial score (nSPS) is 19.9. The van der Waals surface area contributed by atoms with Crippen molar-refractivity contribution in [3.8, 4) is 45.0 Å². The molecule has 13 heterocycles. The molecule has 28 nitrogen and oxygen atoms in total. The molecule has 19 rings (SSSR count). The van der Waals surface area contributed by atoms with Crippen molar-refractivity contribution in [2.45, 2.75) is 219 Å². The van der Waals surface area contributed by atoms with E-state index in [4.69, 9.17) is 27.6 Å². The van der Waals surface area contributed by atoms with Crippen LogP contribution < -0.4 is 5.32 Å². The van der Waals surface area contributed by atoms with Crippen LogP contribution >= 0.6 is 0 Å². The number of benzene rings is 4. The summed E-state index contributed by atoms with van der Waals surface area (Å²) >= 11 is 0. The molecular formula is C110H121F7N14O14. The molecule has 0 atom stereocenters.